The molecule has 0 aliphatic carbocycles. The summed E-state index contributed by atoms with van der Waals surface area (Å²) in [6.45, 7) is 20.9. The Bertz CT molecular complexity index is 1230. The van der Waals surface area contributed by atoms with Crippen molar-refractivity contribution in [2.75, 3.05) is 40.8 Å². The Morgan fingerprint density at radius 1 is 1.05 bits per heavy atom. The Hall–Kier alpha value is -1.05. The highest BCUT2D eigenvalue weighted by Crippen LogP contribution is 2.43. The number of aliphatic hydroxyl groups excluding tert-OH is 2. The van der Waals surface area contributed by atoms with Crippen LogP contribution in [0.5, 0.6) is 0 Å². The average Bonchev–Trinajstić information content (AvgIpc) is 3.12. The van der Waals surface area contributed by atoms with E-state index >= 15 is 0 Å². The van der Waals surface area contributed by atoms with E-state index in [1.54, 1.807) is 34.6 Å². The number of methoxy groups -OCH3 is 1. The van der Waals surface area contributed by atoms with Crippen LogP contribution in [0.25, 0.3) is 0 Å². The molecule has 18 atom stereocenters. The van der Waals surface area contributed by atoms with E-state index in [1.165, 1.54) is 14.0 Å². The fourth-order valence-corrected chi connectivity index (χ4v) is 9.21. The van der Waals surface area contributed by atoms with Crippen molar-refractivity contribution in [3.8, 4) is 0 Å². The number of carbonyl (C=O) groups is 1. The first-order valence-corrected chi connectivity index (χ1v) is 20.9. The summed E-state index contributed by atoms with van der Waals surface area (Å²) in [6, 6.07) is -0.875. The lowest BCUT2D eigenvalue weighted by molar-refractivity contribution is -0.336. The SMILES string of the molecule is CCCNC[C@]1(O)[C@H](C)O[C@@H](O[C@@H]2C(C)C(=O)O[C@H]([C@](C)(O)[C@H](O)CC)[C@H](C)NC[C@H](C)C[C@@](C)(O)[C@H](O[C@@H]3O[C@H](C)C[C@H](N(C)C)[C@H]3O)[C@H]2C)C[C@@]1(C)OC. The molecule has 3 aliphatic rings. The summed E-state index contributed by atoms with van der Waals surface area (Å²) in [6.07, 6.45) is -6.62. The predicted octanol–water partition coefficient (Wildman–Crippen LogP) is 1.93. The number of hydrogen-bond acceptors (Lipinski definition) is 15. The Morgan fingerprint density at radius 2 is 1.70 bits per heavy atom. The summed E-state index contributed by atoms with van der Waals surface area (Å²) >= 11 is 0. The molecule has 0 aromatic heterocycles. The fraction of sp³-hybridized carbons (Fsp3) is 0.976. The van der Waals surface area contributed by atoms with Gasteiger partial charge in [0.05, 0.1) is 42.0 Å². The van der Waals surface area contributed by atoms with Gasteiger partial charge in [0, 0.05) is 38.1 Å². The lowest BCUT2D eigenvalue weighted by Gasteiger charge is -2.53. The molecule has 330 valence electrons. The summed E-state index contributed by atoms with van der Waals surface area (Å²) in [7, 11) is 5.31. The van der Waals surface area contributed by atoms with E-state index in [1.807, 2.05) is 53.6 Å². The van der Waals surface area contributed by atoms with Crippen molar-refractivity contribution in [3.05, 3.63) is 0 Å². The van der Waals surface area contributed by atoms with E-state index in [4.69, 9.17) is 28.4 Å². The molecule has 3 aliphatic heterocycles. The zero-order valence-electron chi connectivity index (χ0n) is 36.8. The van der Waals surface area contributed by atoms with Crippen molar-refractivity contribution in [2.45, 2.75) is 198 Å². The van der Waals surface area contributed by atoms with Gasteiger partial charge in [-0.3, -0.25) is 4.79 Å². The van der Waals surface area contributed by atoms with Crippen LogP contribution in [-0.4, -0.2) is 167 Å². The van der Waals surface area contributed by atoms with Crippen LogP contribution in [0.1, 0.15) is 108 Å². The summed E-state index contributed by atoms with van der Waals surface area (Å²) in [4.78, 5) is 16.4. The molecule has 0 bridgehead atoms. The third kappa shape index (κ3) is 11.0. The van der Waals surface area contributed by atoms with Crippen molar-refractivity contribution in [2.24, 2.45) is 17.8 Å². The van der Waals surface area contributed by atoms with Crippen LogP contribution in [-0.2, 0) is 33.2 Å². The average molecular weight is 806 g/mol. The van der Waals surface area contributed by atoms with E-state index in [0.29, 0.717) is 19.5 Å². The monoisotopic (exact) mass is 806 g/mol. The Kier molecular flexibility index (Phi) is 17.6. The Labute approximate surface area is 336 Å². The highest BCUT2D eigenvalue weighted by atomic mass is 16.7. The van der Waals surface area contributed by atoms with Gasteiger partial charge in [0.25, 0.3) is 0 Å². The molecule has 0 spiro atoms. The van der Waals surface area contributed by atoms with Gasteiger partial charge >= 0.3 is 5.97 Å². The molecule has 15 nitrogen and oxygen atoms in total. The van der Waals surface area contributed by atoms with E-state index in [2.05, 4.69) is 10.6 Å². The molecule has 3 saturated heterocycles. The molecule has 7 N–H and O–H groups in total. The van der Waals surface area contributed by atoms with E-state index < -0.39 is 95.5 Å². The lowest BCUT2D eigenvalue weighted by Crippen LogP contribution is -2.70. The number of carbonyl (C=O) groups excluding carboxylic acids is 1. The van der Waals surface area contributed by atoms with E-state index in [0.717, 1.165) is 6.42 Å². The molecular weight excluding hydrogens is 726 g/mol. The number of esters is 1. The topological polar surface area (TPSA) is 201 Å². The van der Waals surface area contributed by atoms with Gasteiger partial charge in [0.1, 0.15) is 29.0 Å². The molecule has 3 heterocycles. The summed E-state index contributed by atoms with van der Waals surface area (Å²) < 4.78 is 38.4. The first-order chi connectivity index (χ1) is 25.9. The normalized spacial score (nSPS) is 45.2. The molecule has 0 radical (unpaired) electrons. The third-order valence-corrected chi connectivity index (χ3v) is 13.0. The standard InChI is InChI=1S/C41H79N3O12/c1-15-17-42-22-41(50)28(8)53-31(20-39(41,10)51-14)54-33-25(5)34(56-37-32(46)29(44(12)13)18-24(4)52-37)38(9,48)19-23(3)21-43-27(7)35(55-36(47)26(33)6)40(11,49)30(45)16-2/h23-35,37,42-43,45-46,48-50H,15-22H2,1-14H3/t23-,24-,25+,26?,27+,28+,29+,30-,31+,32-,33+,34-,35+,37+,38-,39-,40-,41+/m1/s1. The van der Waals surface area contributed by atoms with Crippen molar-refractivity contribution < 1.29 is 58.7 Å². The molecule has 15 heteroatoms. The van der Waals surface area contributed by atoms with Crippen LogP contribution in [0.4, 0.5) is 0 Å². The van der Waals surface area contributed by atoms with Gasteiger partial charge in [-0.05, 0) is 107 Å². The van der Waals surface area contributed by atoms with Crippen LogP contribution in [0, 0.1) is 17.8 Å². The maximum absolute atomic E-state index is 14.5. The van der Waals surface area contributed by atoms with Gasteiger partial charge in [-0.2, -0.15) is 0 Å². The number of nitrogens with zero attached hydrogens (tertiary/aromatic N) is 1. The predicted molar refractivity (Wildman–Crippen MR) is 212 cm³/mol. The lowest BCUT2D eigenvalue weighted by atomic mass is 9.75. The second-order valence-electron chi connectivity index (χ2n) is 18.2. The highest BCUT2D eigenvalue weighted by Gasteiger charge is 2.58. The van der Waals surface area contributed by atoms with Gasteiger partial charge in [-0.15, -0.1) is 0 Å². The smallest absolute Gasteiger partial charge is 0.311 e. The van der Waals surface area contributed by atoms with Gasteiger partial charge < -0.3 is 69.5 Å². The van der Waals surface area contributed by atoms with Crippen molar-refractivity contribution in [3.63, 3.8) is 0 Å². The van der Waals surface area contributed by atoms with Crippen LogP contribution in [0.15, 0.2) is 0 Å². The number of hydrogen-bond donors (Lipinski definition) is 7. The van der Waals surface area contributed by atoms with Gasteiger partial charge in [-0.1, -0.05) is 27.7 Å². The molecule has 3 rings (SSSR count). The number of aliphatic hydroxyl groups is 5. The number of likely N-dealkylation sites (N-methyl/N-ethyl adjacent to an activating group) is 1. The second kappa shape index (κ2) is 20.0. The van der Waals surface area contributed by atoms with Crippen LogP contribution in [0.3, 0.4) is 0 Å². The quantitative estimate of drug-likeness (QED) is 0.105. The van der Waals surface area contributed by atoms with E-state index in [-0.39, 0.29) is 43.9 Å². The first-order valence-electron chi connectivity index (χ1n) is 20.9. The summed E-state index contributed by atoms with van der Waals surface area (Å²) in [5.41, 5.74) is -5.93. The van der Waals surface area contributed by atoms with E-state index in [9.17, 15) is 30.3 Å². The van der Waals surface area contributed by atoms with Crippen molar-refractivity contribution >= 4 is 5.97 Å². The summed E-state index contributed by atoms with van der Waals surface area (Å²) in [5.74, 6) is -2.67. The molecule has 3 fully saturated rings. The van der Waals surface area contributed by atoms with Crippen molar-refractivity contribution in [1.29, 1.82) is 0 Å². The molecule has 0 saturated carbocycles. The maximum Gasteiger partial charge on any atom is 0.311 e. The third-order valence-electron chi connectivity index (χ3n) is 13.0. The molecule has 56 heavy (non-hydrogen) atoms. The molecule has 0 aromatic rings. The van der Waals surface area contributed by atoms with Crippen LogP contribution in [0.2, 0.25) is 0 Å². The van der Waals surface area contributed by atoms with Gasteiger partial charge in [0.15, 0.2) is 12.6 Å². The minimum absolute atomic E-state index is 0.0928. The summed E-state index contributed by atoms with van der Waals surface area (Å²) in [5, 5.41) is 65.4. The molecule has 0 aromatic carbocycles. The Balaban J connectivity index is 2.16. The van der Waals surface area contributed by atoms with Gasteiger partial charge in [-0.25, -0.2) is 0 Å². The molecular formula is C41H79N3O12. The molecule has 0 amide bonds. The fourth-order valence-electron chi connectivity index (χ4n) is 9.21. The number of ether oxygens (including phenoxy) is 6. The molecule has 1 unspecified atom stereocenters. The minimum atomic E-state index is -1.81. The maximum atomic E-state index is 14.5. The largest absolute Gasteiger partial charge is 0.457 e. The number of rotatable bonds is 13. The number of nitrogens with one attached hydrogen (secondary N) is 2. The first kappa shape index (κ1) is 49.3. The number of cyclic esters (lactones) is 1. The highest BCUT2D eigenvalue weighted by molar-refractivity contribution is 5.73. The zero-order chi connectivity index (χ0) is 42.6. The minimum Gasteiger partial charge on any atom is -0.457 e. The second-order valence-corrected chi connectivity index (χ2v) is 18.2. The van der Waals surface area contributed by atoms with Crippen molar-refractivity contribution in [1.82, 2.24) is 15.5 Å². The zero-order valence-corrected chi connectivity index (χ0v) is 36.8. The van der Waals surface area contributed by atoms with Gasteiger partial charge in [0.2, 0.25) is 0 Å². The van der Waals surface area contributed by atoms with Crippen LogP contribution < -0.4 is 10.6 Å². The Morgan fingerprint density at radius 3 is 2.27 bits per heavy atom. The van der Waals surface area contributed by atoms with Crippen LogP contribution >= 0.6 is 0 Å².